The molecule has 0 aliphatic rings. The maximum absolute atomic E-state index is 5.64. The fraction of sp³-hybridized carbons (Fsp3) is 0.500. The van der Waals surface area contributed by atoms with Crippen molar-refractivity contribution in [2.75, 3.05) is 18.1 Å². The van der Waals surface area contributed by atoms with Crippen LogP contribution in [-0.4, -0.2) is 17.5 Å². The van der Waals surface area contributed by atoms with Gasteiger partial charge in [-0.15, -0.1) is 0 Å². The molecule has 0 bridgehead atoms. The Balaban J connectivity index is 2.60. The van der Waals surface area contributed by atoms with E-state index in [9.17, 15) is 0 Å². The predicted octanol–water partition coefficient (Wildman–Crippen LogP) is 0.0903. The molecule has 0 saturated carbocycles. The van der Waals surface area contributed by atoms with Crippen LogP contribution in [0.3, 0.4) is 0 Å². The fourth-order valence-corrected chi connectivity index (χ4v) is 1.44. The van der Waals surface area contributed by atoms with E-state index in [2.05, 4.69) is 4.37 Å². The number of hydrogen-bond acceptors (Lipinski definition) is 5. The van der Waals surface area contributed by atoms with Crippen LogP contribution in [0.2, 0.25) is 0 Å². The van der Waals surface area contributed by atoms with Gasteiger partial charge in [0.05, 0.1) is 5.69 Å². The number of nitrogens with two attached hydrogens (primary N) is 2. The summed E-state index contributed by atoms with van der Waals surface area (Å²) < 4.78 is 4.10. The van der Waals surface area contributed by atoms with E-state index in [1.54, 1.807) is 5.01 Å². The Bertz CT molecular complexity index is 222. The first-order valence-electron chi connectivity index (χ1n) is 3.39. The zero-order valence-electron chi connectivity index (χ0n) is 6.45. The normalized spacial score (nSPS) is 10.1. The monoisotopic (exact) mass is 172 g/mol. The van der Waals surface area contributed by atoms with Crippen molar-refractivity contribution >= 4 is 16.5 Å². The van der Waals surface area contributed by atoms with Gasteiger partial charge in [0, 0.05) is 13.1 Å². The van der Waals surface area contributed by atoms with Gasteiger partial charge >= 0.3 is 0 Å². The number of nitrogens with zero attached hydrogens (tertiary/aromatic N) is 2. The molecule has 0 saturated heterocycles. The van der Waals surface area contributed by atoms with E-state index in [1.807, 2.05) is 13.0 Å². The van der Waals surface area contributed by atoms with Crippen LogP contribution in [0.15, 0.2) is 6.07 Å². The highest BCUT2D eigenvalue weighted by atomic mass is 32.1. The van der Waals surface area contributed by atoms with E-state index in [0.717, 1.165) is 10.7 Å². The Hall–Kier alpha value is -0.650. The SMILES string of the molecule is Cc1cc(N(N)CCN)sn1. The fourth-order valence-electron chi connectivity index (χ4n) is 0.735. The highest BCUT2D eigenvalue weighted by molar-refractivity contribution is 7.10. The van der Waals surface area contributed by atoms with E-state index in [0.29, 0.717) is 13.1 Å². The minimum absolute atomic E-state index is 0.563. The second kappa shape index (κ2) is 3.66. The van der Waals surface area contributed by atoms with Crippen LogP contribution in [0.4, 0.5) is 5.00 Å². The molecule has 4 nitrogen and oxygen atoms in total. The van der Waals surface area contributed by atoms with Crippen LogP contribution in [0, 0.1) is 6.92 Å². The molecule has 0 spiro atoms. The van der Waals surface area contributed by atoms with Crippen LogP contribution in [0.5, 0.6) is 0 Å². The third-order valence-electron chi connectivity index (χ3n) is 1.27. The zero-order chi connectivity index (χ0) is 8.27. The molecule has 0 aliphatic heterocycles. The van der Waals surface area contributed by atoms with E-state index in [1.165, 1.54) is 11.5 Å². The van der Waals surface area contributed by atoms with Crippen LogP contribution in [-0.2, 0) is 0 Å². The Morgan fingerprint density at radius 1 is 1.73 bits per heavy atom. The smallest absolute Gasteiger partial charge is 0.126 e. The van der Waals surface area contributed by atoms with Gasteiger partial charge in [-0.05, 0) is 24.5 Å². The number of rotatable bonds is 3. The van der Waals surface area contributed by atoms with Crippen molar-refractivity contribution < 1.29 is 0 Å². The molecule has 0 atom stereocenters. The zero-order valence-corrected chi connectivity index (χ0v) is 7.27. The molecule has 0 fully saturated rings. The Morgan fingerprint density at radius 3 is 2.91 bits per heavy atom. The lowest BCUT2D eigenvalue weighted by Gasteiger charge is -2.13. The molecule has 0 aromatic carbocycles. The summed E-state index contributed by atoms with van der Waals surface area (Å²) in [5.41, 5.74) is 6.33. The van der Waals surface area contributed by atoms with Gasteiger partial charge in [0.25, 0.3) is 0 Å². The van der Waals surface area contributed by atoms with Gasteiger partial charge in [0.15, 0.2) is 0 Å². The first-order valence-corrected chi connectivity index (χ1v) is 4.17. The predicted molar refractivity (Wildman–Crippen MR) is 47.4 cm³/mol. The van der Waals surface area contributed by atoms with Crippen molar-refractivity contribution in [3.05, 3.63) is 11.8 Å². The summed E-state index contributed by atoms with van der Waals surface area (Å²) in [6.45, 7) is 3.17. The van der Waals surface area contributed by atoms with Gasteiger partial charge in [-0.3, -0.25) is 5.01 Å². The average molecular weight is 172 g/mol. The van der Waals surface area contributed by atoms with Gasteiger partial charge in [-0.1, -0.05) is 0 Å². The molecule has 1 aromatic heterocycles. The lowest BCUT2D eigenvalue weighted by Crippen LogP contribution is -2.34. The number of anilines is 1. The quantitative estimate of drug-likeness (QED) is 0.501. The van der Waals surface area contributed by atoms with Gasteiger partial charge < -0.3 is 5.73 Å². The largest absolute Gasteiger partial charge is 0.329 e. The number of hydrazine groups is 1. The number of hydrogen-bond donors (Lipinski definition) is 2. The first kappa shape index (κ1) is 8.45. The number of aromatic nitrogens is 1. The molecular formula is C6H12N4S. The molecule has 0 amide bonds. The molecule has 1 heterocycles. The van der Waals surface area contributed by atoms with Gasteiger partial charge in [-0.25, -0.2) is 5.84 Å². The summed E-state index contributed by atoms with van der Waals surface area (Å²) in [4.78, 5) is 0. The maximum atomic E-state index is 5.64. The van der Waals surface area contributed by atoms with Crippen molar-refractivity contribution in [3.8, 4) is 0 Å². The van der Waals surface area contributed by atoms with E-state index < -0.39 is 0 Å². The highest BCUT2D eigenvalue weighted by Crippen LogP contribution is 2.17. The maximum Gasteiger partial charge on any atom is 0.126 e. The van der Waals surface area contributed by atoms with E-state index in [-0.39, 0.29) is 0 Å². The van der Waals surface area contributed by atoms with Crippen LogP contribution in [0.25, 0.3) is 0 Å². The average Bonchev–Trinajstić information content (AvgIpc) is 2.36. The molecule has 4 N–H and O–H groups in total. The second-order valence-electron chi connectivity index (χ2n) is 2.29. The molecule has 0 radical (unpaired) electrons. The van der Waals surface area contributed by atoms with E-state index in [4.69, 9.17) is 11.6 Å². The molecule has 1 rings (SSSR count). The second-order valence-corrected chi connectivity index (χ2v) is 3.07. The van der Waals surface area contributed by atoms with Crippen LogP contribution in [0.1, 0.15) is 5.69 Å². The lowest BCUT2D eigenvalue weighted by atomic mass is 10.5. The van der Waals surface area contributed by atoms with Crippen molar-refractivity contribution in [1.82, 2.24) is 4.37 Å². The third-order valence-corrected chi connectivity index (χ3v) is 2.19. The minimum atomic E-state index is 0.563. The summed E-state index contributed by atoms with van der Waals surface area (Å²) in [7, 11) is 0. The molecular weight excluding hydrogens is 160 g/mol. The summed E-state index contributed by atoms with van der Waals surface area (Å²) >= 11 is 1.39. The van der Waals surface area contributed by atoms with Crippen LogP contribution >= 0.6 is 11.5 Å². The standard InChI is InChI=1S/C6H12N4S/c1-5-4-6(11-9-5)10(8)3-2-7/h4H,2-3,7-8H2,1H3. The Labute approximate surface area is 69.9 Å². The number of aryl methyl sites for hydroxylation is 1. The molecule has 0 aliphatic carbocycles. The van der Waals surface area contributed by atoms with Crippen molar-refractivity contribution in [1.29, 1.82) is 0 Å². The topological polar surface area (TPSA) is 68.2 Å². The molecule has 5 heteroatoms. The molecule has 0 unspecified atom stereocenters. The van der Waals surface area contributed by atoms with Crippen molar-refractivity contribution in [2.24, 2.45) is 11.6 Å². The third kappa shape index (κ3) is 2.14. The van der Waals surface area contributed by atoms with E-state index >= 15 is 0 Å². The minimum Gasteiger partial charge on any atom is -0.329 e. The molecule has 1 aromatic rings. The summed E-state index contributed by atoms with van der Waals surface area (Å²) in [5, 5.41) is 2.58. The highest BCUT2D eigenvalue weighted by Gasteiger charge is 2.02. The van der Waals surface area contributed by atoms with Gasteiger partial charge in [0.1, 0.15) is 5.00 Å². The van der Waals surface area contributed by atoms with Crippen LogP contribution < -0.4 is 16.6 Å². The lowest BCUT2D eigenvalue weighted by molar-refractivity contribution is 0.841. The summed E-state index contributed by atoms with van der Waals surface area (Å²) in [6, 6.07) is 1.94. The Morgan fingerprint density at radius 2 is 2.45 bits per heavy atom. The molecule has 62 valence electrons. The van der Waals surface area contributed by atoms with Crippen molar-refractivity contribution in [3.63, 3.8) is 0 Å². The van der Waals surface area contributed by atoms with Gasteiger partial charge in [-0.2, -0.15) is 4.37 Å². The summed E-state index contributed by atoms with van der Waals surface area (Å²) in [6.07, 6.45) is 0. The molecule has 11 heavy (non-hydrogen) atoms. The van der Waals surface area contributed by atoms with Gasteiger partial charge in [0.2, 0.25) is 0 Å². The Kier molecular flexibility index (Phi) is 2.81. The summed E-state index contributed by atoms with van der Waals surface area (Å²) in [5.74, 6) is 5.64. The first-order chi connectivity index (χ1) is 5.24. The van der Waals surface area contributed by atoms with Crippen molar-refractivity contribution in [2.45, 2.75) is 6.92 Å².